The first kappa shape index (κ1) is 32.5. The summed E-state index contributed by atoms with van der Waals surface area (Å²) >= 11 is 5.74. The maximum absolute atomic E-state index is 13.9. The average molecular weight is 545 g/mol. The molecule has 8 nitrogen and oxygen atoms in total. The van der Waals surface area contributed by atoms with Crippen molar-refractivity contribution in [2.45, 2.75) is 47.1 Å². The highest BCUT2D eigenvalue weighted by atomic mass is 35.5. The number of hydrogen-bond donors (Lipinski definition) is 2. The Balaban J connectivity index is 0.000000554. The fraction of sp³-hybridized carbons (Fsp3) is 0.357. The Morgan fingerprint density at radius 3 is 2.29 bits per heavy atom. The molecule has 0 saturated heterocycles. The molecule has 3 heterocycles. The Bertz CT molecular complexity index is 1290. The third-order valence-electron chi connectivity index (χ3n) is 5.26. The molecule has 206 valence electrons. The largest absolute Gasteiger partial charge is 0.396 e. The van der Waals surface area contributed by atoms with Crippen LogP contribution in [0.3, 0.4) is 0 Å². The van der Waals surface area contributed by atoms with Gasteiger partial charge < -0.3 is 15.0 Å². The Morgan fingerprint density at radius 1 is 1.08 bits per heavy atom. The lowest BCUT2D eigenvalue weighted by Gasteiger charge is -2.20. The smallest absolute Gasteiger partial charge is 0.251 e. The van der Waals surface area contributed by atoms with Gasteiger partial charge in [0.2, 0.25) is 5.95 Å². The van der Waals surface area contributed by atoms with Crippen LogP contribution in [0.15, 0.2) is 65.8 Å². The van der Waals surface area contributed by atoms with Crippen LogP contribution < -0.4 is 10.9 Å². The second-order valence-electron chi connectivity index (χ2n) is 7.47. The predicted octanol–water partition coefficient (Wildman–Crippen LogP) is 5.89. The van der Waals surface area contributed by atoms with E-state index in [4.69, 9.17) is 11.6 Å². The maximum Gasteiger partial charge on any atom is 0.251 e. The molecule has 0 radical (unpaired) electrons. The molecule has 1 aromatic carbocycles. The van der Waals surface area contributed by atoms with E-state index in [0.29, 0.717) is 22.8 Å². The van der Waals surface area contributed by atoms with Crippen LogP contribution in [0.2, 0.25) is 5.02 Å². The van der Waals surface area contributed by atoms with E-state index in [0.717, 1.165) is 0 Å². The van der Waals surface area contributed by atoms with Crippen molar-refractivity contribution in [2.75, 3.05) is 19.0 Å². The number of pyridine rings is 1. The number of aliphatic hydroxyl groups is 1. The van der Waals surface area contributed by atoms with Gasteiger partial charge in [0.05, 0.1) is 16.8 Å². The number of anilines is 1. The number of hydrogen-bond acceptors (Lipinski definition) is 6. The highest BCUT2D eigenvalue weighted by molar-refractivity contribution is 6.30. The molecule has 1 atom stereocenters. The van der Waals surface area contributed by atoms with Crippen LogP contribution in [-0.2, 0) is 7.05 Å². The molecular weight excluding hydrogens is 507 g/mol. The fourth-order valence-electron chi connectivity index (χ4n) is 3.29. The molecule has 0 bridgehead atoms. The van der Waals surface area contributed by atoms with Gasteiger partial charge in [0.25, 0.3) is 5.56 Å². The quantitative estimate of drug-likeness (QED) is 0.314. The minimum Gasteiger partial charge on any atom is -0.396 e. The second-order valence-corrected chi connectivity index (χ2v) is 7.88. The van der Waals surface area contributed by atoms with Crippen molar-refractivity contribution in [1.29, 1.82) is 0 Å². The van der Waals surface area contributed by atoms with Crippen molar-refractivity contribution in [1.82, 2.24) is 24.3 Å². The first-order valence-corrected chi connectivity index (χ1v) is 13.0. The molecule has 0 saturated carbocycles. The molecular formula is C28H38ClFN6O2. The number of benzene rings is 1. The monoisotopic (exact) mass is 544 g/mol. The second kappa shape index (κ2) is 17.0. The summed E-state index contributed by atoms with van der Waals surface area (Å²) in [6.45, 7) is 9.87. The summed E-state index contributed by atoms with van der Waals surface area (Å²) in [5.74, 6) is -0.117. The van der Waals surface area contributed by atoms with Gasteiger partial charge in [-0.05, 0) is 49.2 Å². The van der Waals surface area contributed by atoms with E-state index < -0.39 is 11.9 Å². The number of aromatic nitrogens is 5. The van der Waals surface area contributed by atoms with Gasteiger partial charge in [-0.3, -0.25) is 9.48 Å². The number of halogens is 2. The minimum absolute atomic E-state index is 0.00768. The third-order valence-corrected chi connectivity index (χ3v) is 5.56. The van der Waals surface area contributed by atoms with E-state index in [1.807, 2.05) is 52.4 Å². The zero-order valence-electron chi connectivity index (χ0n) is 23.1. The molecule has 4 aromatic rings. The summed E-state index contributed by atoms with van der Waals surface area (Å²) < 4.78 is 17.1. The fourth-order valence-corrected chi connectivity index (χ4v) is 3.41. The van der Waals surface area contributed by atoms with Crippen molar-refractivity contribution < 1.29 is 9.50 Å². The number of nitrogens with zero attached hydrogens (tertiary/aromatic N) is 5. The van der Waals surface area contributed by atoms with Gasteiger partial charge in [0.1, 0.15) is 5.82 Å². The van der Waals surface area contributed by atoms with Gasteiger partial charge in [0.15, 0.2) is 0 Å². The van der Waals surface area contributed by atoms with Crippen LogP contribution in [0.25, 0.3) is 11.3 Å². The molecule has 0 aliphatic rings. The van der Waals surface area contributed by atoms with Crippen LogP contribution in [-0.4, -0.2) is 43.1 Å². The van der Waals surface area contributed by atoms with E-state index in [1.54, 1.807) is 43.8 Å². The van der Waals surface area contributed by atoms with Crippen molar-refractivity contribution in [3.05, 3.63) is 93.5 Å². The Labute approximate surface area is 229 Å². The third kappa shape index (κ3) is 9.08. The molecule has 10 heteroatoms. The minimum atomic E-state index is -0.567. The predicted molar refractivity (Wildman–Crippen MR) is 153 cm³/mol. The highest BCUT2D eigenvalue weighted by Gasteiger charge is 2.17. The van der Waals surface area contributed by atoms with Crippen LogP contribution in [0.4, 0.5) is 10.3 Å². The zero-order valence-corrected chi connectivity index (χ0v) is 23.9. The summed E-state index contributed by atoms with van der Waals surface area (Å²) in [4.78, 5) is 21.1. The van der Waals surface area contributed by atoms with Gasteiger partial charge >= 0.3 is 0 Å². The van der Waals surface area contributed by atoms with Gasteiger partial charge in [0, 0.05) is 56.6 Å². The molecule has 0 aliphatic heterocycles. The van der Waals surface area contributed by atoms with E-state index in [2.05, 4.69) is 20.4 Å². The molecule has 0 aliphatic carbocycles. The van der Waals surface area contributed by atoms with Crippen molar-refractivity contribution in [3.8, 4) is 11.3 Å². The molecule has 2 N–H and O–H groups in total. The summed E-state index contributed by atoms with van der Waals surface area (Å²) in [5, 5.41) is 16.2. The molecule has 3 aromatic heterocycles. The summed E-state index contributed by atoms with van der Waals surface area (Å²) in [7, 11) is 3.64. The molecule has 38 heavy (non-hydrogen) atoms. The van der Waals surface area contributed by atoms with E-state index >= 15 is 0 Å². The van der Waals surface area contributed by atoms with E-state index in [-0.39, 0.29) is 23.6 Å². The molecule has 4 rings (SSSR count). The SMILES string of the molecule is CC.CC.CNc1nccc(-c2ccn(C(CCO)c3ccc(Cl)c(F)c3)c(=O)c2)n1.Cc1ccnn1C. The Morgan fingerprint density at radius 2 is 1.79 bits per heavy atom. The van der Waals surface area contributed by atoms with Gasteiger partial charge in [-0.25, -0.2) is 14.4 Å². The summed E-state index contributed by atoms with van der Waals surface area (Å²) in [5.41, 5.74) is 2.71. The molecule has 0 spiro atoms. The summed E-state index contributed by atoms with van der Waals surface area (Å²) in [6, 6.07) is 10.7. The van der Waals surface area contributed by atoms with Crippen LogP contribution in [0, 0.1) is 12.7 Å². The first-order chi connectivity index (χ1) is 18.3. The summed E-state index contributed by atoms with van der Waals surface area (Å²) in [6.07, 6.45) is 5.27. The number of nitrogens with one attached hydrogen (secondary N) is 1. The lowest BCUT2D eigenvalue weighted by Crippen LogP contribution is -2.25. The average Bonchev–Trinajstić information content (AvgIpc) is 3.33. The normalized spacial score (nSPS) is 10.6. The molecule has 0 fully saturated rings. The highest BCUT2D eigenvalue weighted by Crippen LogP contribution is 2.25. The Kier molecular flexibility index (Phi) is 14.6. The van der Waals surface area contributed by atoms with Gasteiger partial charge in [-0.15, -0.1) is 0 Å². The number of rotatable bonds is 6. The number of aryl methyl sites for hydroxylation is 2. The van der Waals surface area contributed by atoms with Gasteiger partial charge in [-0.1, -0.05) is 45.4 Å². The Hall–Kier alpha value is -3.56. The number of aliphatic hydroxyl groups excluding tert-OH is 1. The van der Waals surface area contributed by atoms with E-state index in [1.165, 1.54) is 28.5 Å². The standard InChI is InChI=1S/C19H18ClFN4O2.C5H8N2.2C2H6/c1-22-19-23-7-4-16(24-19)12-5-8-25(18(27)11-12)17(6-9-26)13-2-3-14(20)15(21)10-13;1-5-3-4-6-7(5)2;2*1-2/h2-5,7-8,10-11,17,26H,6,9H2,1H3,(H,22,23,24);3-4H,1-2H3;2*1-2H3. The van der Waals surface area contributed by atoms with Crippen LogP contribution in [0.5, 0.6) is 0 Å². The topological polar surface area (TPSA) is 97.9 Å². The van der Waals surface area contributed by atoms with Crippen molar-refractivity contribution in [2.24, 2.45) is 7.05 Å². The van der Waals surface area contributed by atoms with Crippen LogP contribution in [0.1, 0.15) is 51.4 Å². The molecule has 0 amide bonds. The van der Waals surface area contributed by atoms with Gasteiger partial charge in [-0.2, -0.15) is 5.10 Å². The lowest BCUT2D eigenvalue weighted by molar-refractivity contribution is 0.266. The first-order valence-electron chi connectivity index (χ1n) is 12.6. The zero-order chi connectivity index (χ0) is 28.7. The lowest BCUT2D eigenvalue weighted by atomic mass is 10.0. The van der Waals surface area contributed by atoms with Crippen molar-refractivity contribution >= 4 is 17.5 Å². The van der Waals surface area contributed by atoms with Crippen LogP contribution >= 0.6 is 11.6 Å². The maximum atomic E-state index is 13.9. The molecule has 1 unspecified atom stereocenters. The van der Waals surface area contributed by atoms with E-state index in [9.17, 15) is 14.3 Å². The van der Waals surface area contributed by atoms with Crippen molar-refractivity contribution in [3.63, 3.8) is 0 Å².